The summed E-state index contributed by atoms with van der Waals surface area (Å²) in [7, 11) is 1.62. The monoisotopic (exact) mass is 389 g/mol. The van der Waals surface area contributed by atoms with Crippen LogP contribution in [0.5, 0.6) is 5.75 Å². The molecule has 1 amide bonds. The summed E-state index contributed by atoms with van der Waals surface area (Å²) >= 11 is 0. The average Bonchev–Trinajstić information content (AvgIpc) is 2.77. The second-order valence-electron chi connectivity index (χ2n) is 6.74. The van der Waals surface area contributed by atoms with Gasteiger partial charge in [-0.1, -0.05) is 50.2 Å². The normalized spacial score (nSPS) is 10.4. The van der Waals surface area contributed by atoms with Crippen molar-refractivity contribution in [1.29, 1.82) is 0 Å². The molecule has 29 heavy (non-hydrogen) atoms. The van der Waals surface area contributed by atoms with E-state index in [0.29, 0.717) is 12.1 Å². The Kier molecular flexibility index (Phi) is 6.85. The van der Waals surface area contributed by atoms with Gasteiger partial charge < -0.3 is 15.4 Å². The predicted octanol–water partition coefficient (Wildman–Crippen LogP) is 4.89. The first kappa shape index (κ1) is 20.4. The van der Waals surface area contributed by atoms with Crippen molar-refractivity contribution in [2.45, 2.75) is 33.2 Å². The highest BCUT2D eigenvalue weighted by molar-refractivity contribution is 5.94. The van der Waals surface area contributed by atoms with Gasteiger partial charge in [-0.3, -0.25) is 9.78 Å². The summed E-state index contributed by atoms with van der Waals surface area (Å²) in [4.78, 5) is 16.9. The first-order chi connectivity index (χ1) is 14.2. The van der Waals surface area contributed by atoms with Crippen molar-refractivity contribution < 1.29 is 9.53 Å². The molecule has 2 aromatic carbocycles. The number of carbonyl (C=O) groups is 1. The van der Waals surface area contributed by atoms with Gasteiger partial charge in [0.1, 0.15) is 5.75 Å². The molecule has 5 heteroatoms. The Hall–Kier alpha value is -3.34. The first-order valence-corrected chi connectivity index (χ1v) is 9.89. The zero-order valence-electron chi connectivity index (χ0n) is 17.2. The van der Waals surface area contributed by atoms with Gasteiger partial charge in [0, 0.05) is 24.0 Å². The lowest BCUT2D eigenvalue weighted by Crippen LogP contribution is -2.23. The number of methoxy groups -OCH3 is 1. The minimum absolute atomic E-state index is 0.174. The molecule has 3 rings (SSSR count). The average molecular weight is 389 g/mol. The van der Waals surface area contributed by atoms with Crippen molar-refractivity contribution >= 4 is 17.3 Å². The fourth-order valence-electron chi connectivity index (χ4n) is 3.31. The molecule has 0 unspecified atom stereocenters. The summed E-state index contributed by atoms with van der Waals surface area (Å²) < 4.78 is 5.34. The lowest BCUT2D eigenvalue weighted by Gasteiger charge is -2.16. The molecule has 2 N–H and O–H groups in total. The summed E-state index contributed by atoms with van der Waals surface area (Å²) in [5, 5.41) is 6.41. The summed E-state index contributed by atoms with van der Waals surface area (Å²) in [6.45, 7) is 4.67. The van der Waals surface area contributed by atoms with Crippen molar-refractivity contribution in [1.82, 2.24) is 10.3 Å². The fraction of sp³-hybridized carbons (Fsp3) is 0.250. The molecular formula is C24H27N3O2. The minimum Gasteiger partial charge on any atom is -0.496 e. The third-order valence-corrected chi connectivity index (χ3v) is 4.90. The first-order valence-electron chi connectivity index (χ1n) is 9.89. The number of amides is 1. The molecule has 0 radical (unpaired) electrons. The highest BCUT2D eigenvalue weighted by atomic mass is 16.5. The van der Waals surface area contributed by atoms with Gasteiger partial charge in [0.2, 0.25) is 0 Å². The number of nitrogens with one attached hydrogen (secondary N) is 2. The number of nitrogens with zero attached hydrogens (tertiary/aromatic N) is 1. The number of aryl methyl sites for hydroxylation is 2. The van der Waals surface area contributed by atoms with Crippen LogP contribution >= 0.6 is 0 Å². The van der Waals surface area contributed by atoms with Gasteiger partial charge in [-0.25, -0.2) is 0 Å². The molecule has 0 aliphatic carbocycles. The van der Waals surface area contributed by atoms with Crippen LogP contribution in [0, 0.1) is 0 Å². The quantitative estimate of drug-likeness (QED) is 0.576. The third kappa shape index (κ3) is 4.93. The topological polar surface area (TPSA) is 63.2 Å². The Morgan fingerprint density at radius 2 is 1.66 bits per heavy atom. The van der Waals surface area contributed by atoms with Crippen molar-refractivity contribution in [2.75, 3.05) is 12.4 Å². The van der Waals surface area contributed by atoms with Crippen molar-refractivity contribution in [2.24, 2.45) is 0 Å². The van der Waals surface area contributed by atoms with E-state index < -0.39 is 0 Å². The van der Waals surface area contributed by atoms with E-state index in [1.165, 1.54) is 11.1 Å². The van der Waals surface area contributed by atoms with E-state index in [9.17, 15) is 4.79 Å². The van der Waals surface area contributed by atoms with Crippen LogP contribution in [0.15, 0.2) is 60.9 Å². The van der Waals surface area contributed by atoms with E-state index in [0.717, 1.165) is 35.5 Å². The van der Waals surface area contributed by atoms with E-state index >= 15 is 0 Å². The van der Waals surface area contributed by atoms with Gasteiger partial charge in [0.25, 0.3) is 5.91 Å². The molecule has 3 aromatic rings. The number of benzene rings is 2. The molecule has 0 saturated heterocycles. The number of carbonyl (C=O) groups excluding carboxylic acids is 1. The largest absolute Gasteiger partial charge is 0.496 e. The van der Waals surface area contributed by atoms with E-state index in [2.05, 4.69) is 47.7 Å². The van der Waals surface area contributed by atoms with Gasteiger partial charge in [-0.05, 0) is 36.1 Å². The van der Waals surface area contributed by atoms with Gasteiger partial charge in [-0.15, -0.1) is 0 Å². The van der Waals surface area contributed by atoms with Gasteiger partial charge in [0.05, 0.1) is 24.6 Å². The molecule has 150 valence electrons. The number of pyridine rings is 1. The Morgan fingerprint density at radius 3 is 2.34 bits per heavy atom. The maximum atomic E-state index is 12.6. The van der Waals surface area contributed by atoms with E-state index in [-0.39, 0.29) is 5.91 Å². The third-order valence-electron chi connectivity index (χ3n) is 4.90. The molecule has 0 bridgehead atoms. The van der Waals surface area contributed by atoms with Gasteiger partial charge in [0.15, 0.2) is 0 Å². The Bertz CT molecular complexity index is 963. The second kappa shape index (κ2) is 9.73. The lowest BCUT2D eigenvalue weighted by molar-refractivity contribution is 0.0950. The standard InChI is InChI=1S/C24H27N3O2/c1-4-17-10-8-11-18(5-2)23(17)27-21-13-20(14-25-16-21)24(28)26-15-19-9-6-7-12-22(19)29-3/h6-14,16,27H,4-5,15H2,1-3H3,(H,26,28). The van der Waals surface area contributed by atoms with E-state index in [4.69, 9.17) is 4.74 Å². The molecule has 0 saturated carbocycles. The zero-order valence-corrected chi connectivity index (χ0v) is 17.2. The van der Waals surface area contributed by atoms with E-state index in [1.54, 1.807) is 19.5 Å². The second-order valence-corrected chi connectivity index (χ2v) is 6.74. The number of hydrogen-bond donors (Lipinski definition) is 2. The number of rotatable bonds is 8. The smallest absolute Gasteiger partial charge is 0.253 e. The summed E-state index contributed by atoms with van der Waals surface area (Å²) in [6, 6.07) is 15.8. The van der Waals surface area contributed by atoms with Crippen LogP contribution in [-0.4, -0.2) is 18.0 Å². The van der Waals surface area contributed by atoms with Crippen LogP contribution in [-0.2, 0) is 19.4 Å². The van der Waals surface area contributed by atoms with Crippen LogP contribution in [0.3, 0.4) is 0 Å². The Labute approximate surface area is 172 Å². The summed E-state index contributed by atoms with van der Waals surface area (Å²) in [5.74, 6) is 0.580. The van der Waals surface area contributed by atoms with Crippen LogP contribution in [0.2, 0.25) is 0 Å². The number of para-hydroxylation sites is 2. The molecule has 0 aliphatic rings. The van der Waals surface area contributed by atoms with Crippen LogP contribution in [0.1, 0.15) is 40.9 Å². The van der Waals surface area contributed by atoms with Crippen molar-refractivity contribution in [3.8, 4) is 5.75 Å². The lowest BCUT2D eigenvalue weighted by atomic mass is 10.0. The highest BCUT2D eigenvalue weighted by Crippen LogP contribution is 2.26. The Morgan fingerprint density at radius 1 is 0.966 bits per heavy atom. The zero-order chi connectivity index (χ0) is 20.6. The SMILES string of the molecule is CCc1cccc(CC)c1Nc1cncc(C(=O)NCc2ccccc2OC)c1. The summed E-state index contributed by atoms with van der Waals surface area (Å²) in [5.41, 5.74) is 5.83. The number of anilines is 2. The molecular weight excluding hydrogens is 362 g/mol. The number of aromatic nitrogens is 1. The molecule has 0 atom stereocenters. The highest BCUT2D eigenvalue weighted by Gasteiger charge is 2.11. The van der Waals surface area contributed by atoms with Crippen LogP contribution < -0.4 is 15.4 Å². The maximum Gasteiger partial charge on any atom is 0.253 e. The maximum absolute atomic E-state index is 12.6. The predicted molar refractivity (Wildman–Crippen MR) is 117 cm³/mol. The van der Waals surface area contributed by atoms with Crippen molar-refractivity contribution in [3.05, 3.63) is 83.2 Å². The fourth-order valence-corrected chi connectivity index (χ4v) is 3.31. The number of ether oxygens (including phenoxy) is 1. The molecule has 1 aromatic heterocycles. The molecule has 5 nitrogen and oxygen atoms in total. The van der Waals surface area contributed by atoms with Crippen LogP contribution in [0.4, 0.5) is 11.4 Å². The summed E-state index contributed by atoms with van der Waals surface area (Å²) in [6.07, 6.45) is 5.18. The van der Waals surface area contributed by atoms with Gasteiger partial charge >= 0.3 is 0 Å². The van der Waals surface area contributed by atoms with Gasteiger partial charge in [-0.2, -0.15) is 0 Å². The Balaban J connectivity index is 1.75. The molecule has 0 spiro atoms. The van der Waals surface area contributed by atoms with Crippen LogP contribution in [0.25, 0.3) is 0 Å². The number of hydrogen-bond acceptors (Lipinski definition) is 4. The van der Waals surface area contributed by atoms with E-state index in [1.807, 2.05) is 30.3 Å². The molecule has 1 heterocycles. The molecule has 0 fully saturated rings. The minimum atomic E-state index is -0.174. The molecule has 0 aliphatic heterocycles. The van der Waals surface area contributed by atoms with Crippen molar-refractivity contribution in [3.63, 3.8) is 0 Å².